The summed E-state index contributed by atoms with van der Waals surface area (Å²) in [7, 11) is 0. The van der Waals surface area contributed by atoms with Gasteiger partial charge in [-0.15, -0.1) is 0 Å². The van der Waals surface area contributed by atoms with Crippen molar-refractivity contribution in [2.24, 2.45) is 5.92 Å². The fraction of sp³-hybridized carbons (Fsp3) is 0.727. The van der Waals surface area contributed by atoms with Gasteiger partial charge in [-0.25, -0.2) is 0 Å². The Labute approximate surface area is 98.9 Å². The molecule has 3 nitrogen and oxygen atoms in total. The topological polar surface area (TPSA) is 27.1 Å². The summed E-state index contributed by atoms with van der Waals surface area (Å²) < 4.78 is 8.79. The van der Waals surface area contributed by atoms with Gasteiger partial charge in [0.25, 0.3) is 0 Å². The van der Waals surface area contributed by atoms with Crippen molar-refractivity contribution in [1.82, 2.24) is 9.78 Å². The molecule has 1 aromatic rings. The number of ether oxygens (including phenoxy) is 1. The van der Waals surface area contributed by atoms with Crippen molar-refractivity contribution in [1.29, 1.82) is 0 Å². The van der Waals surface area contributed by atoms with Crippen molar-refractivity contribution in [3.05, 3.63) is 15.9 Å². The molecule has 4 heteroatoms. The minimum absolute atomic E-state index is 0.672. The molecule has 1 saturated carbocycles. The van der Waals surface area contributed by atoms with Crippen LogP contribution < -0.4 is 0 Å². The average molecular weight is 273 g/mol. The fourth-order valence-electron chi connectivity index (χ4n) is 1.61. The van der Waals surface area contributed by atoms with Crippen molar-refractivity contribution in [3.63, 3.8) is 0 Å². The van der Waals surface area contributed by atoms with Crippen LogP contribution in [0.1, 0.15) is 31.2 Å². The minimum Gasteiger partial charge on any atom is -0.375 e. The van der Waals surface area contributed by atoms with E-state index in [9.17, 15) is 0 Å². The number of aryl methyl sites for hydroxylation is 2. The van der Waals surface area contributed by atoms with E-state index >= 15 is 0 Å². The van der Waals surface area contributed by atoms with Crippen molar-refractivity contribution in [2.45, 2.75) is 39.8 Å². The van der Waals surface area contributed by atoms with Crippen LogP contribution in [0.2, 0.25) is 0 Å². The number of halogens is 1. The summed E-state index contributed by atoms with van der Waals surface area (Å²) in [6.45, 7) is 6.59. The lowest BCUT2D eigenvalue weighted by molar-refractivity contribution is 0.105. The molecule has 0 N–H and O–H groups in total. The quantitative estimate of drug-likeness (QED) is 0.824. The Morgan fingerprint density at radius 3 is 2.87 bits per heavy atom. The molecule has 1 heterocycles. The van der Waals surface area contributed by atoms with Gasteiger partial charge in [-0.3, -0.25) is 4.68 Å². The first-order valence-corrected chi connectivity index (χ1v) is 6.31. The summed E-state index contributed by atoms with van der Waals surface area (Å²) in [6, 6.07) is 0. The lowest BCUT2D eigenvalue weighted by Crippen LogP contribution is -2.06. The van der Waals surface area contributed by atoms with E-state index in [0.29, 0.717) is 6.61 Å². The van der Waals surface area contributed by atoms with Gasteiger partial charge in [0.2, 0.25) is 0 Å². The van der Waals surface area contributed by atoms with Crippen molar-refractivity contribution >= 4 is 15.9 Å². The summed E-state index contributed by atoms with van der Waals surface area (Å²) in [4.78, 5) is 0. The Morgan fingerprint density at radius 2 is 2.27 bits per heavy atom. The third-order valence-electron chi connectivity index (χ3n) is 2.74. The van der Waals surface area contributed by atoms with Gasteiger partial charge in [0, 0.05) is 13.2 Å². The van der Waals surface area contributed by atoms with E-state index < -0.39 is 0 Å². The SMILES string of the molecule is CCn1nc(C)c(Br)c1COCC1CC1. The van der Waals surface area contributed by atoms with Gasteiger partial charge < -0.3 is 4.74 Å². The second-order valence-electron chi connectivity index (χ2n) is 4.12. The molecular weight excluding hydrogens is 256 g/mol. The summed E-state index contributed by atoms with van der Waals surface area (Å²) in [6.07, 6.45) is 2.68. The maximum Gasteiger partial charge on any atom is 0.0896 e. The van der Waals surface area contributed by atoms with E-state index in [1.54, 1.807) is 0 Å². The van der Waals surface area contributed by atoms with Crippen LogP contribution in [0.3, 0.4) is 0 Å². The average Bonchev–Trinajstić information content (AvgIpc) is 3.00. The van der Waals surface area contributed by atoms with Crippen LogP contribution in [0.15, 0.2) is 4.47 Å². The molecule has 1 aliphatic rings. The molecule has 0 amide bonds. The number of hydrogen-bond acceptors (Lipinski definition) is 2. The standard InChI is InChI=1S/C11H17BrN2O/c1-3-14-10(11(12)8(2)13-14)7-15-6-9-4-5-9/h9H,3-7H2,1-2H3. The van der Waals surface area contributed by atoms with Gasteiger partial charge >= 0.3 is 0 Å². The highest BCUT2D eigenvalue weighted by atomic mass is 79.9. The Kier molecular flexibility index (Phi) is 3.46. The summed E-state index contributed by atoms with van der Waals surface area (Å²) in [5.74, 6) is 0.822. The van der Waals surface area contributed by atoms with Crippen LogP contribution in [-0.4, -0.2) is 16.4 Å². The molecule has 2 rings (SSSR count). The van der Waals surface area contributed by atoms with Crippen LogP contribution in [0, 0.1) is 12.8 Å². The predicted octanol–water partition coefficient (Wildman–Crippen LogP) is 2.90. The van der Waals surface area contributed by atoms with Crippen LogP contribution in [-0.2, 0) is 17.9 Å². The number of hydrogen-bond donors (Lipinski definition) is 0. The highest BCUT2D eigenvalue weighted by Gasteiger charge is 2.21. The van der Waals surface area contributed by atoms with Crippen LogP contribution in [0.25, 0.3) is 0 Å². The highest BCUT2D eigenvalue weighted by molar-refractivity contribution is 9.10. The summed E-state index contributed by atoms with van der Waals surface area (Å²) >= 11 is 3.56. The molecule has 0 aromatic carbocycles. The number of nitrogens with zero attached hydrogens (tertiary/aromatic N) is 2. The molecule has 84 valence electrons. The van der Waals surface area contributed by atoms with E-state index in [-0.39, 0.29) is 0 Å². The normalized spacial score (nSPS) is 15.9. The van der Waals surface area contributed by atoms with E-state index in [1.807, 2.05) is 11.6 Å². The van der Waals surface area contributed by atoms with E-state index in [2.05, 4.69) is 28.0 Å². The Hall–Kier alpha value is -0.350. The molecule has 0 saturated heterocycles. The number of rotatable bonds is 5. The van der Waals surface area contributed by atoms with Crippen molar-refractivity contribution < 1.29 is 4.74 Å². The van der Waals surface area contributed by atoms with Crippen LogP contribution in [0.5, 0.6) is 0 Å². The molecule has 0 unspecified atom stereocenters. The lowest BCUT2D eigenvalue weighted by Gasteiger charge is -2.06. The lowest BCUT2D eigenvalue weighted by atomic mass is 10.4. The molecule has 0 bridgehead atoms. The third kappa shape index (κ3) is 2.61. The van der Waals surface area contributed by atoms with Crippen molar-refractivity contribution in [3.8, 4) is 0 Å². The first-order valence-electron chi connectivity index (χ1n) is 5.52. The zero-order chi connectivity index (χ0) is 10.8. The zero-order valence-corrected chi connectivity index (χ0v) is 10.9. The molecule has 0 radical (unpaired) electrons. The van der Waals surface area contributed by atoms with Gasteiger partial charge in [0.15, 0.2) is 0 Å². The third-order valence-corrected chi connectivity index (χ3v) is 3.77. The van der Waals surface area contributed by atoms with Gasteiger partial charge in [-0.05, 0) is 48.5 Å². The molecule has 0 aliphatic heterocycles. The summed E-state index contributed by atoms with van der Waals surface area (Å²) in [5, 5.41) is 4.43. The Bertz CT molecular complexity index is 345. The molecule has 0 spiro atoms. The van der Waals surface area contributed by atoms with E-state index in [1.165, 1.54) is 12.8 Å². The largest absolute Gasteiger partial charge is 0.375 e. The second-order valence-corrected chi connectivity index (χ2v) is 4.91. The van der Waals surface area contributed by atoms with E-state index in [4.69, 9.17) is 4.74 Å². The monoisotopic (exact) mass is 272 g/mol. The summed E-state index contributed by atoms with van der Waals surface area (Å²) in [5.41, 5.74) is 2.21. The maximum absolute atomic E-state index is 5.69. The maximum atomic E-state index is 5.69. The van der Waals surface area contributed by atoms with Gasteiger partial charge in [-0.2, -0.15) is 5.10 Å². The van der Waals surface area contributed by atoms with E-state index in [0.717, 1.165) is 34.9 Å². The first-order chi connectivity index (χ1) is 7.22. The molecular formula is C11H17BrN2O. The molecule has 0 atom stereocenters. The Morgan fingerprint density at radius 1 is 1.53 bits per heavy atom. The first kappa shape index (κ1) is 11.1. The van der Waals surface area contributed by atoms with Crippen molar-refractivity contribution in [2.75, 3.05) is 6.61 Å². The molecule has 15 heavy (non-hydrogen) atoms. The molecule has 1 aliphatic carbocycles. The van der Waals surface area contributed by atoms with Gasteiger partial charge in [0.05, 0.1) is 22.5 Å². The number of aromatic nitrogens is 2. The smallest absolute Gasteiger partial charge is 0.0896 e. The molecule has 1 aromatic heterocycles. The second kappa shape index (κ2) is 4.66. The fourth-order valence-corrected chi connectivity index (χ4v) is 2.01. The zero-order valence-electron chi connectivity index (χ0n) is 9.29. The minimum atomic E-state index is 0.672. The van der Waals surface area contributed by atoms with Gasteiger partial charge in [0.1, 0.15) is 0 Å². The Balaban J connectivity index is 1.97. The van der Waals surface area contributed by atoms with Crippen LogP contribution in [0.4, 0.5) is 0 Å². The van der Waals surface area contributed by atoms with Crippen LogP contribution >= 0.6 is 15.9 Å². The molecule has 1 fully saturated rings. The highest BCUT2D eigenvalue weighted by Crippen LogP contribution is 2.29. The predicted molar refractivity (Wildman–Crippen MR) is 62.7 cm³/mol. The van der Waals surface area contributed by atoms with Gasteiger partial charge in [-0.1, -0.05) is 0 Å².